The SMILES string of the molecule is CCOC(=O)CC(=O)[C@@H]1CCN(C(=O)OC)[C@@H](CN2CCC(F)(F)C2)C1. The van der Waals surface area contributed by atoms with Gasteiger partial charge in [-0.3, -0.25) is 14.5 Å². The largest absolute Gasteiger partial charge is 0.466 e. The second-order valence-electron chi connectivity index (χ2n) is 6.83. The predicted octanol–water partition coefficient (Wildman–Crippen LogP) is 1.70. The first-order chi connectivity index (χ1) is 12.3. The van der Waals surface area contributed by atoms with Gasteiger partial charge in [0, 0.05) is 38.0 Å². The first-order valence-electron chi connectivity index (χ1n) is 8.89. The normalized spacial score (nSPS) is 25.8. The molecule has 0 bridgehead atoms. The van der Waals surface area contributed by atoms with E-state index in [-0.39, 0.29) is 44.9 Å². The molecule has 0 saturated carbocycles. The van der Waals surface area contributed by atoms with Gasteiger partial charge >= 0.3 is 12.1 Å². The van der Waals surface area contributed by atoms with E-state index in [1.54, 1.807) is 11.8 Å². The fraction of sp³-hybridized carbons (Fsp3) is 0.824. The molecule has 2 heterocycles. The minimum Gasteiger partial charge on any atom is -0.466 e. The number of likely N-dealkylation sites (tertiary alicyclic amines) is 2. The minimum absolute atomic E-state index is 0.205. The molecular formula is C17H26F2N2O5. The van der Waals surface area contributed by atoms with Crippen molar-refractivity contribution in [1.82, 2.24) is 9.80 Å². The van der Waals surface area contributed by atoms with E-state index < -0.39 is 29.9 Å². The maximum absolute atomic E-state index is 13.4. The average Bonchev–Trinajstić information content (AvgIpc) is 2.92. The van der Waals surface area contributed by atoms with Gasteiger partial charge in [0.1, 0.15) is 12.2 Å². The van der Waals surface area contributed by atoms with E-state index in [9.17, 15) is 23.2 Å². The third-order valence-corrected chi connectivity index (χ3v) is 4.92. The van der Waals surface area contributed by atoms with Gasteiger partial charge in [-0.1, -0.05) is 0 Å². The molecular weight excluding hydrogens is 350 g/mol. The Morgan fingerprint density at radius 3 is 2.54 bits per heavy atom. The van der Waals surface area contributed by atoms with Crippen LogP contribution in [0.25, 0.3) is 0 Å². The van der Waals surface area contributed by atoms with Gasteiger partial charge < -0.3 is 14.4 Å². The Morgan fingerprint density at radius 1 is 1.23 bits per heavy atom. The van der Waals surface area contributed by atoms with Gasteiger partial charge in [0.25, 0.3) is 5.92 Å². The number of methoxy groups -OCH3 is 1. The molecule has 2 saturated heterocycles. The highest BCUT2D eigenvalue weighted by molar-refractivity contribution is 5.96. The zero-order chi connectivity index (χ0) is 19.3. The molecule has 0 N–H and O–H groups in total. The number of nitrogens with zero attached hydrogens (tertiary/aromatic N) is 2. The van der Waals surface area contributed by atoms with Crippen LogP contribution in [0.1, 0.15) is 32.6 Å². The summed E-state index contributed by atoms with van der Waals surface area (Å²) < 4.78 is 36.5. The molecule has 148 valence electrons. The third-order valence-electron chi connectivity index (χ3n) is 4.92. The molecule has 2 aliphatic heterocycles. The molecule has 0 aliphatic carbocycles. The number of piperidine rings is 1. The van der Waals surface area contributed by atoms with E-state index in [1.807, 2.05) is 0 Å². The second kappa shape index (κ2) is 8.75. The highest BCUT2D eigenvalue weighted by Crippen LogP contribution is 2.30. The number of esters is 1. The lowest BCUT2D eigenvalue weighted by Gasteiger charge is -2.39. The number of carbonyl (C=O) groups excluding carboxylic acids is 3. The first kappa shape index (κ1) is 20.5. The Morgan fingerprint density at radius 2 is 1.96 bits per heavy atom. The van der Waals surface area contributed by atoms with E-state index >= 15 is 0 Å². The monoisotopic (exact) mass is 376 g/mol. The number of amides is 1. The van der Waals surface area contributed by atoms with Crippen LogP contribution in [-0.2, 0) is 19.1 Å². The van der Waals surface area contributed by atoms with Crippen molar-refractivity contribution >= 4 is 17.8 Å². The molecule has 0 aromatic carbocycles. The number of ether oxygens (including phenoxy) is 2. The summed E-state index contributed by atoms with van der Waals surface area (Å²) in [6, 6.07) is -0.402. The van der Waals surface area contributed by atoms with Crippen LogP contribution in [0.2, 0.25) is 0 Å². The van der Waals surface area contributed by atoms with Crippen molar-refractivity contribution in [3.05, 3.63) is 0 Å². The standard InChI is InChI=1S/C17H26F2N2O5/c1-3-26-15(23)9-14(22)12-4-6-21(16(24)25-2)13(8-12)10-20-7-5-17(18,19)11-20/h12-13H,3-11H2,1-2H3/t12-,13-/m1/s1. The molecule has 2 atom stereocenters. The van der Waals surface area contributed by atoms with Crippen LogP contribution >= 0.6 is 0 Å². The number of hydrogen-bond donors (Lipinski definition) is 0. The van der Waals surface area contributed by atoms with Crippen LogP contribution in [0.4, 0.5) is 13.6 Å². The Hall–Kier alpha value is -1.77. The first-order valence-corrected chi connectivity index (χ1v) is 8.89. The molecule has 2 rings (SSSR count). The summed E-state index contributed by atoms with van der Waals surface area (Å²) >= 11 is 0. The molecule has 1 amide bonds. The Balaban J connectivity index is 2.00. The summed E-state index contributed by atoms with van der Waals surface area (Å²) in [5.41, 5.74) is 0. The third kappa shape index (κ3) is 5.36. The van der Waals surface area contributed by atoms with Crippen molar-refractivity contribution in [2.24, 2.45) is 5.92 Å². The second-order valence-corrected chi connectivity index (χ2v) is 6.83. The predicted molar refractivity (Wildman–Crippen MR) is 87.9 cm³/mol. The van der Waals surface area contributed by atoms with E-state index in [4.69, 9.17) is 9.47 Å². The van der Waals surface area contributed by atoms with Crippen LogP contribution in [0.5, 0.6) is 0 Å². The van der Waals surface area contributed by atoms with Crippen molar-refractivity contribution in [1.29, 1.82) is 0 Å². The van der Waals surface area contributed by atoms with Gasteiger partial charge in [0.15, 0.2) is 0 Å². The van der Waals surface area contributed by atoms with Gasteiger partial charge in [0.05, 0.1) is 20.3 Å². The summed E-state index contributed by atoms with van der Waals surface area (Å²) in [5, 5.41) is 0. The van der Waals surface area contributed by atoms with E-state index in [0.29, 0.717) is 19.4 Å². The molecule has 0 spiro atoms. The Labute approximate surface area is 151 Å². The number of Topliss-reactive ketones (excluding diaryl/α,β-unsaturated/α-hetero) is 1. The summed E-state index contributed by atoms with van der Waals surface area (Å²) in [6.45, 7) is 2.33. The van der Waals surface area contributed by atoms with Crippen molar-refractivity contribution in [3.63, 3.8) is 0 Å². The number of hydrogen-bond acceptors (Lipinski definition) is 6. The number of alkyl halides is 2. The molecule has 26 heavy (non-hydrogen) atoms. The van der Waals surface area contributed by atoms with Gasteiger partial charge in [0.2, 0.25) is 0 Å². The van der Waals surface area contributed by atoms with Crippen molar-refractivity contribution < 1.29 is 32.6 Å². The molecule has 7 nitrogen and oxygen atoms in total. The molecule has 2 aliphatic rings. The minimum atomic E-state index is -2.72. The topological polar surface area (TPSA) is 76.2 Å². The molecule has 0 unspecified atom stereocenters. The van der Waals surface area contributed by atoms with Gasteiger partial charge in [-0.25, -0.2) is 13.6 Å². The van der Waals surface area contributed by atoms with Gasteiger partial charge in [-0.05, 0) is 19.8 Å². The molecule has 2 fully saturated rings. The van der Waals surface area contributed by atoms with Crippen molar-refractivity contribution in [2.75, 3.05) is 39.9 Å². The van der Waals surface area contributed by atoms with Crippen LogP contribution in [0.3, 0.4) is 0 Å². The Kier molecular flexibility index (Phi) is 6.91. The quantitative estimate of drug-likeness (QED) is 0.519. The fourth-order valence-electron chi connectivity index (χ4n) is 3.63. The van der Waals surface area contributed by atoms with Gasteiger partial charge in [-0.2, -0.15) is 0 Å². The maximum atomic E-state index is 13.4. The fourth-order valence-corrected chi connectivity index (χ4v) is 3.63. The lowest BCUT2D eigenvalue weighted by Crippen LogP contribution is -2.52. The molecule has 9 heteroatoms. The lowest BCUT2D eigenvalue weighted by molar-refractivity contribution is -0.146. The van der Waals surface area contributed by atoms with Crippen LogP contribution in [0.15, 0.2) is 0 Å². The maximum Gasteiger partial charge on any atom is 0.409 e. The highest BCUT2D eigenvalue weighted by Gasteiger charge is 2.42. The van der Waals surface area contributed by atoms with Crippen molar-refractivity contribution in [3.8, 4) is 0 Å². The summed E-state index contributed by atoms with van der Waals surface area (Å²) in [4.78, 5) is 39.0. The average molecular weight is 376 g/mol. The number of carbonyl (C=O) groups is 3. The Bertz CT molecular complexity index is 543. The number of rotatable bonds is 6. The van der Waals surface area contributed by atoms with Crippen LogP contribution in [-0.4, -0.2) is 79.5 Å². The number of halogens is 2. The van der Waals surface area contributed by atoms with E-state index in [0.717, 1.165) is 0 Å². The molecule has 0 radical (unpaired) electrons. The summed E-state index contributed by atoms with van der Waals surface area (Å²) in [6.07, 6.45) is -0.290. The summed E-state index contributed by atoms with van der Waals surface area (Å²) in [5.74, 6) is -3.91. The van der Waals surface area contributed by atoms with E-state index in [2.05, 4.69) is 0 Å². The lowest BCUT2D eigenvalue weighted by atomic mass is 9.86. The zero-order valence-electron chi connectivity index (χ0n) is 15.2. The van der Waals surface area contributed by atoms with Crippen LogP contribution < -0.4 is 0 Å². The smallest absolute Gasteiger partial charge is 0.409 e. The van der Waals surface area contributed by atoms with Crippen molar-refractivity contribution in [2.45, 2.75) is 44.6 Å². The highest BCUT2D eigenvalue weighted by atomic mass is 19.3. The number of ketones is 1. The van der Waals surface area contributed by atoms with E-state index in [1.165, 1.54) is 12.0 Å². The summed E-state index contributed by atoms with van der Waals surface area (Å²) in [7, 11) is 1.27. The van der Waals surface area contributed by atoms with Gasteiger partial charge in [-0.15, -0.1) is 0 Å². The van der Waals surface area contributed by atoms with Crippen LogP contribution in [0, 0.1) is 5.92 Å². The molecule has 0 aromatic rings. The molecule has 0 aromatic heterocycles. The zero-order valence-corrected chi connectivity index (χ0v) is 15.2.